The van der Waals surface area contributed by atoms with Crippen molar-refractivity contribution in [2.75, 3.05) is 5.43 Å². The summed E-state index contributed by atoms with van der Waals surface area (Å²) in [5.74, 6) is 0.430. The highest BCUT2D eigenvalue weighted by Gasteiger charge is 2.26. The first-order chi connectivity index (χ1) is 12.8. The van der Waals surface area contributed by atoms with Crippen LogP contribution in [0.3, 0.4) is 0 Å². The van der Waals surface area contributed by atoms with Crippen molar-refractivity contribution < 1.29 is 0 Å². The van der Waals surface area contributed by atoms with Crippen molar-refractivity contribution in [2.45, 2.75) is 47.0 Å². The van der Waals surface area contributed by atoms with Crippen LogP contribution in [0.1, 0.15) is 47.0 Å². The first-order valence-corrected chi connectivity index (χ1v) is 9.44. The lowest BCUT2D eigenvalue weighted by atomic mass is 9.72. The van der Waals surface area contributed by atoms with Gasteiger partial charge in [-0.25, -0.2) is 10.4 Å². The van der Waals surface area contributed by atoms with E-state index in [2.05, 4.69) is 42.4 Å². The van der Waals surface area contributed by atoms with Gasteiger partial charge in [0, 0.05) is 7.05 Å². The number of hydrazone groups is 1. The standard InChI is InChI=1S/C22H28N4O/c1-15-9-8-14-22(3,4)18(15)13-12-16(2)24-25-21-23-19-11-7-6-10-17(19)20(27)26(21)5/h6-7,10-13H,8-9,14H2,1-5H3,(H,23,25)/b13-12+,24-16+. The normalized spacial score (nSPS) is 17.7. The SMILES string of the molecule is CC1=C(/C=C/C(C)=N/Nc2nc3ccccc3c(=O)n2C)C(C)(C)CCC1. The molecule has 1 heterocycles. The Morgan fingerprint density at radius 3 is 2.81 bits per heavy atom. The number of benzene rings is 1. The van der Waals surface area contributed by atoms with E-state index in [1.165, 1.54) is 35.0 Å². The molecule has 0 amide bonds. The fraction of sp³-hybridized carbons (Fsp3) is 0.409. The van der Waals surface area contributed by atoms with Crippen LogP contribution in [0.25, 0.3) is 10.9 Å². The predicted molar refractivity (Wildman–Crippen MR) is 113 cm³/mol. The molecule has 0 spiro atoms. The Morgan fingerprint density at radius 1 is 1.33 bits per heavy atom. The first-order valence-electron chi connectivity index (χ1n) is 9.44. The average Bonchev–Trinajstić information content (AvgIpc) is 2.62. The van der Waals surface area contributed by atoms with Gasteiger partial charge >= 0.3 is 0 Å². The Balaban J connectivity index is 1.83. The molecule has 0 bridgehead atoms. The maximum atomic E-state index is 12.4. The Bertz CT molecular complexity index is 1010. The Hall–Kier alpha value is -2.69. The second-order valence-corrected chi connectivity index (χ2v) is 7.95. The van der Waals surface area contributed by atoms with E-state index in [4.69, 9.17) is 0 Å². The van der Waals surface area contributed by atoms with Crippen LogP contribution in [0.5, 0.6) is 0 Å². The topological polar surface area (TPSA) is 59.3 Å². The smallest absolute Gasteiger partial charge is 0.262 e. The molecule has 1 aromatic heterocycles. The largest absolute Gasteiger partial charge is 0.280 e. The van der Waals surface area contributed by atoms with E-state index in [0.717, 1.165) is 5.71 Å². The number of rotatable bonds is 4. The van der Waals surface area contributed by atoms with Crippen molar-refractivity contribution in [2.24, 2.45) is 17.6 Å². The lowest BCUT2D eigenvalue weighted by Crippen LogP contribution is -2.21. The maximum absolute atomic E-state index is 12.4. The lowest BCUT2D eigenvalue weighted by Gasteiger charge is -2.32. The van der Waals surface area contributed by atoms with Crippen LogP contribution in [-0.4, -0.2) is 15.3 Å². The number of hydrogen-bond donors (Lipinski definition) is 1. The van der Waals surface area contributed by atoms with Gasteiger partial charge in [-0.05, 0) is 62.3 Å². The number of hydrogen-bond acceptors (Lipinski definition) is 4. The molecule has 142 valence electrons. The molecule has 0 fully saturated rings. The van der Waals surface area contributed by atoms with Gasteiger partial charge in [-0.15, -0.1) is 0 Å². The van der Waals surface area contributed by atoms with Crippen molar-refractivity contribution in [3.8, 4) is 0 Å². The molecule has 0 saturated carbocycles. The Labute approximate surface area is 160 Å². The molecule has 2 aromatic rings. The van der Waals surface area contributed by atoms with Gasteiger partial charge in [0.15, 0.2) is 0 Å². The van der Waals surface area contributed by atoms with Gasteiger partial charge in [-0.2, -0.15) is 5.10 Å². The van der Waals surface area contributed by atoms with E-state index >= 15 is 0 Å². The fourth-order valence-corrected chi connectivity index (χ4v) is 3.71. The zero-order valence-corrected chi connectivity index (χ0v) is 16.8. The molecule has 5 nitrogen and oxygen atoms in total. The quantitative estimate of drug-likeness (QED) is 0.626. The van der Waals surface area contributed by atoms with Gasteiger partial charge < -0.3 is 0 Å². The van der Waals surface area contributed by atoms with E-state index < -0.39 is 0 Å². The van der Waals surface area contributed by atoms with Crippen LogP contribution in [-0.2, 0) is 7.05 Å². The van der Waals surface area contributed by atoms with Gasteiger partial charge in [0.05, 0.1) is 16.6 Å². The minimum Gasteiger partial charge on any atom is -0.280 e. The van der Waals surface area contributed by atoms with Gasteiger partial charge in [-0.1, -0.05) is 37.6 Å². The van der Waals surface area contributed by atoms with Crippen LogP contribution < -0.4 is 11.0 Å². The molecule has 0 radical (unpaired) electrons. The highest BCUT2D eigenvalue weighted by Crippen LogP contribution is 2.40. The van der Waals surface area contributed by atoms with Gasteiger partial charge in [0.2, 0.25) is 5.95 Å². The molecular weight excluding hydrogens is 336 g/mol. The molecule has 1 aromatic carbocycles. The third-order valence-corrected chi connectivity index (χ3v) is 5.35. The van der Waals surface area contributed by atoms with Crippen molar-refractivity contribution in [3.05, 3.63) is 57.9 Å². The van der Waals surface area contributed by atoms with E-state index in [0.29, 0.717) is 16.9 Å². The molecule has 0 saturated heterocycles. The summed E-state index contributed by atoms with van der Waals surface area (Å²) in [6.45, 7) is 8.76. The zero-order valence-electron chi connectivity index (χ0n) is 16.8. The molecule has 3 rings (SSSR count). The second kappa shape index (κ2) is 7.51. The summed E-state index contributed by atoms with van der Waals surface area (Å²) in [6, 6.07) is 7.33. The van der Waals surface area contributed by atoms with Crippen molar-refractivity contribution in [1.82, 2.24) is 9.55 Å². The number of para-hydroxylation sites is 1. The number of nitrogens with one attached hydrogen (secondary N) is 1. The summed E-state index contributed by atoms with van der Waals surface area (Å²) in [6.07, 6.45) is 7.84. The summed E-state index contributed by atoms with van der Waals surface area (Å²) in [5, 5.41) is 5.00. The van der Waals surface area contributed by atoms with E-state index in [-0.39, 0.29) is 11.0 Å². The van der Waals surface area contributed by atoms with Crippen molar-refractivity contribution in [3.63, 3.8) is 0 Å². The predicted octanol–water partition coefficient (Wildman–Crippen LogP) is 4.80. The molecule has 1 aliphatic carbocycles. The summed E-state index contributed by atoms with van der Waals surface area (Å²) in [4.78, 5) is 17.0. The van der Waals surface area contributed by atoms with Crippen LogP contribution in [0.15, 0.2) is 57.5 Å². The molecule has 1 N–H and O–H groups in total. The minimum absolute atomic E-state index is 0.0868. The van der Waals surface area contributed by atoms with Crippen molar-refractivity contribution in [1.29, 1.82) is 0 Å². The van der Waals surface area contributed by atoms with E-state index in [9.17, 15) is 4.79 Å². The van der Waals surface area contributed by atoms with E-state index in [1.807, 2.05) is 31.2 Å². The number of anilines is 1. The average molecular weight is 364 g/mol. The number of allylic oxidation sites excluding steroid dienone is 4. The lowest BCUT2D eigenvalue weighted by molar-refractivity contribution is 0.377. The summed E-state index contributed by atoms with van der Waals surface area (Å²) in [5.41, 5.74) is 7.41. The third kappa shape index (κ3) is 4.02. The summed E-state index contributed by atoms with van der Waals surface area (Å²) >= 11 is 0. The molecule has 5 heteroatoms. The molecule has 1 aliphatic rings. The molecule has 0 atom stereocenters. The third-order valence-electron chi connectivity index (χ3n) is 5.35. The van der Waals surface area contributed by atoms with Gasteiger partial charge in [-0.3, -0.25) is 9.36 Å². The Morgan fingerprint density at radius 2 is 2.07 bits per heavy atom. The van der Waals surface area contributed by atoms with E-state index in [1.54, 1.807) is 13.1 Å². The van der Waals surface area contributed by atoms with Gasteiger partial charge in [0.25, 0.3) is 5.56 Å². The zero-order chi connectivity index (χ0) is 19.6. The molecular formula is C22H28N4O. The van der Waals surface area contributed by atoms with Gasteiger partial charge in [0.1, 0.15) is 0 Å². The maximum Gasteiger partial charge on any atom is 0.262 e. The van der Waals surface area contributed by atoms with Crippen LogP contribution >= 0.6 is 0 Å². The second-order valence-electron chi connectivity index (χ2n) is 7.95. The molecule has 0 aliphatic heterocycles. The summed E-state index contributed by atoms with van der Waals surface area (Å²) < 4.78 is 1.49. The molecule has 0 unspecified atom stereocenters. The fourth-order valence-electron chi connectivity index (χ4n) is 3.71. The summed E-state index contributed by atoms with van der Waals surface area (Å²) in [7, 11) is 1.70. The number of aromatic nitrogens is 2. The number of fused-ring (bicyclic) bond motifs is 1. The van der Waals surface area contributed by atoms with Crippen LogP contribution in [0.2, 0.25) is 0 Å². The highest BCUT2D eigenvalue weighted by molar-refractivity contribution is 5.93. The highest BCUT2D eigenvalue weighted by atomic mass is 16.1. The first kappa shape index (κ1) is 19.1. The molecule has 27 heavy (non-hydrogen) atoms. The monoisotopic (exact) mass is 364 g/mol. The minimum atomic E-state index is -0.0868. The Kier molecular flexibility index (Phi) is 5.31. The number of nitrogens with zero attached hydrogens (tertiary/aromatic N) is 3. The van der Waals surface area contributed by atoms with Crippen LogP contribution in [0.4, 0.5) is 5.95 Å². The van der Waals surface area contributed by atoms with Crippen LogP contribution in [0, 0.1) is 5.41 Å². The van der Waals surface area contributed by atoms with Crippen molar-refractivity contribution >= 4 is 22.6 Å².